The lowest BCUT2D eigenvalue weighted by atomic mass is 10.1. The highest BCUT2D eigenvalue weighted by molar-refractivity contribution is 6.30. The molecule has 0 fully saturated rings. The van der Waals surface area contributed by atoms with Crippen LogP contribution < -0.4 is 5.32 Å². The summed E-state index contributed by atoms with van der Waals surface area (Å²) >= 11 is 5.64. The predicted molar refractivity (Wildman–Crippen MR) is 65.9 cm³/mol. The predicted octanol–water partition coefficient (Wildman–Crippen LogP) is 0.804. The molecule has 1 aromatic heterocycles. The molecule has 0 unspecified atom stereocenters. The smallest absolute Gasteiger partial charge is 0.326 e. The Morgan fingerprint density at radius 3 is 2.68 bits per heavy atom. The van der Waals surface area contributed by atoms with Crippen molar-refractivity contribution < 1.29 is 24.2 Å². The number of ether oxygens (including phenoxy) is 1. The summed E-state index contributed by atoms with van der Waals surface area (Å²) in [5, 5.41) is 11.6. The van der Waals surface area contributed by atoms with Crippen molar-refractivity contribution in [3.8, 4) is 0 Å². The molecule has 0 spiro atoms. The van der Waals surface area contributed by atoms with Gasteiger partial charge in [-0.2, -0.15) is 0 Å². The maximum Gasteiger partial charge on any atom is 0.326 e. The number of methoxy groups -OCH3 is 1. The number of carboxylic acids is 1. The monoisotopic (exact) mass is 288 g/mol. The summed E-state index contributed by atoms with van der Waals surface area (Å²) in [5.74, 6) is -2.37. The molecule has 7 nitrogen and oxygen atoms in total. The molecule has 0 aromatic carbocycles. The Balaban J connectivity index is 2.61. The van der Waals surface area contributed by atoms with E-state index in [0.29, 0.717) is 5.02 Å². The van der Waals surface area contributed by atoms with E-state index in [4.69, 9.17) is 16.7 Å². The average molecular weight is 289 g/mol. The standard InChI is InChI=1S/C11H13ClN2O5/c1-19-9(15)3-2-7(11(17)18)14-10(16)8-4-6(12)5-13-8/h4-5,7,13H,2-3H2,1H3,(H,14,16)(H,17,18)/t7-/m1/s1. The zero-order valence-electron chi connectivity index (χ0n) is 10.1. The first-order valence-corrected chi connectivity index (χ1v) is 5.76. The summed E-state index contributed by atoms with van der Waals surface area (Å²) < 4.78 is 4.41. The molecule has 8 heteroatoms. The van der Waals surface area contributed by atoms with Crippen LogP contribution in [-0.2, 0) is 14.3 Å². The lowest BCUT2D eigenvalue weighted by Gasteiger charge is -2.13. The van der Waals surface area contributed by atoms with Gasteiger partial charge >= 0.3 is 11.9 Å². The highest BCUT2D eigenvalue weighted by atomic mass is 35.5. The quantitative estimate of drug-likeness (QED) is 0.671. The van der Waals surface area contributed by atoms with E-state index in [1.165, 1.54) is 19.4 Å². The van der Waals surface area contributed by atoms with Crippen molar-refractivity contribution in [2.24, 2.45) is 0 Å². The van der Waals surface area contributed by atoms with Crippen LogP contribution in [0.3, 0.4) is 0 Å². The topological polar surface area (TPSA) is 108 Å². The van der Waals surface area contributed by atoms with E-state index in [1.54, 1.807) is 0 Å². The minimum atomic E-state index is -1.23. The zero-order valence-corrected chi connectivity index (χ0v) is 10.9. The van der Waals surface area contributed by atoms with Gasteiger partial charge in [-0.25, -0.2) is 4.79 Å². The van der Waals surface area contributed by atoms with Crippen molar-refractivity contribution in [2.75, 3.05) is 7.11 Å². The second-order valence-electron chi connectivity index (χ2n) is 3.71. The molecule has 1 aromatic rings. The number of aromatic nitrogens is 1. The minimum Gasteiger partial charge on any atom is -0.480 e. The Morgan fingerprint density at radius 1 is 1.53 bits per heavy atom. The van der Waals surface area contributed by atoms with Crippen LogP contribution in [0.2, 0.25) is 5.02 Å². The molecule has 0 bridgehead atoms. The van der Waals surface area contributed by atoms with Gasteiger partial charge in [0.1, 0.15) is 11.7 Å². The van der Waals surface area contributed by atoms with Crippen LogP contribution >= 0.6 is 11.6 Å². The van der Waals surface area contributed by atoms with E-state index < -0.39 is 23.9 Å². The fourth-order valence-corrected chi connectivity index (χ4v) is 1.52. The molecule has 3 N–H and O–H groups in total. The van der Waals surface area contributed by atoms with Gasteiger partial charge in [-0.15, -0.1) is 0 Å². The van der Waals surface area contributed by atoms with Gasteiger partial charge in [0.15, 0.2) is 0 Å². The summed E-state index contributed by atoms with van der Waals surface area (Å²) in [4.78, 5) is 36.2. The first kappa shape index (κ1) is 15.0. The van der Waals surface area contributed by atoms with Crippen LogP contribution in [0.1, 0.15) is 23.3 Å². The first-order chi connectivity index (χ1) is 8.93. The van der Waals surface area contributed by atoms with E-state index in [2.05, 4.69) is 15.0 Å². The van der Waals surface area contributed by atoms with Gasteiger partial charge in [-0.3, -0.25) is 9.59 Å². The highest BCUT2D eigenvalue weighted by Crippen LogP contribution is 2.10. The number of H-pyrrole nitrogens is 1. The lowest BCUT2D eigenvalue weighted by molar-refractivity contribution is -0.142. The van der Waals surface area contributed by atoms with Gasteiger partial charge in [0.25, 0.3) is 5.91 Å². The molecule has 1 amide bonds. The number of carboxylic acid groups (broad SMARTS) is 1. The minimum absolute atomic E-state index is 0.0534. The summed E-state index contributed by atoms with van der Waals surface area (Å²) in [6.45, 7) is 0. The van der Waals surface area contributed by atoms with E-state index in [-0.39, 0.29) is 18.5 Å². The Kier molecular flexibility index (Phi) is 5.37. The van der Waals surface area contributed by atoms with Gasteiger partial charge in [0.05, 0.1) is 12.1 Å². The van der Waals surface area contributed by atoms with E-state index in [9.17, 15) is 14.4 Å². The number of carbonyl (C=O) groups excluding carboxylic acids is 2. The van der Waals surface area contributed by atoms with Crippen LogP contribution in [0.5, 0.6) is 0 Å². The number of amides is 1. The molecule has 19 heavy (non-hydrogen) atoms. The number of aromatic amines is 1. The van der Waals surface area contributed by atoms with E-state index in [0.717, 1.165) is 0 Å². The maximum atomic E-state index is 11.7. The van der Waals surface area contributed by atoms with Crippen molar-refractivity contribution >= 4 is 29.4 Å². The molecule has 1 atom stereocenters. The number of esters is 1. The van der Waals surface area contributed by atoms with E-state index in [1.807, 2.05) is 0 Å². The third-order valence-electron chi connectivity index (χ3n) is 2.36. The number of aliphatic carboxylic acids is 1. The zero-order chi connectivity index (χ0) is 14.4. The van der Waals surface area contributed by atoms with Crippen LogP contribution in [0, 0.1) is 0 Å². The largest absolute Gasteiger partial charge is 0.480 e. The Labute approximate surface area is 113 Å². The second kappa shape index (κ2) is 6.79. The fourth-order valence-electron chi connectivity index (χ4n) is 1.36. The number of hydrogen-bond donors (Lipinski definition) is 3. The highest BCUT2D eigenvalue weighted by Gasteiger charge is 2.22. The third-order valence-corrected chi connectivity index (χ3v) is 2.58. The van der Waals surface area contributed by atoms with E-state index >= 15 is 0 Å². The second-order valence-corrected chi connectivity index (χ2v) is 4.15. The summed E-state index contributed by atoms with van der Waals surface area (Å²) in [5.41, 5.74) is 0.148. The van der Waals surface area contributed by atoms with Crippen molar-refractivity contribution in [1.82, 2.24) is 10.3 Å². The van der Waals surface area contributed by atoms with Crippen LogP contribution in [0.15, 0.2) is 12.3 Å². The van der Waals surface area contributed by atoms with Gasteiger partial charge in [0, 0.05) is 12.6 Å². The van der Waals surface area contributed by atoms with Crippen molar-refractivity contribution in [3.63, 3.8) is 0 Å². The van der Waals surface area contributed by atoms with Gasteiger partial charge in [0.2, 0.25) is 0 Å². The van der Waals surface area contributed by atoms with Crippen LogP contribution in [0.25, 0.3) is 0 Å². The number of carbonyl (C=O) groups is 3. The molecule has 104 valence electrons. The molecule has 0 radical (unpaired) electrons. The lowest BCUT2D eigenvalue weighted by Crippen LogP contribution is -2.41. The van der Waals surface area contributed by atoms with Gasteiger partial charge in [-0.1, -0.05) is 11.6 Å². The maximum absolute atomic E-state index is 11.7. The molecular formula is C11H13ClN2O5. The molecule has 1 heterocycles. The fraction of sp³-hybridized carbons (Fsp3) is 0.364. The number of halogens is 1. The Morgan fingerprint density at radius 2 is 2.21 bits per heavy atom. The van der Waals surface area contributed by atoms with Crippen molar-refractivity contribution in [1.29, 1.82) is 0 Å². The Bertz CT molecular complexity index is 485. The normalized spacial score (nSPS) is 11.7. The average Bonchev–Trinajstić information content (AvgIpc) is 2.80. The molecule has 0 aliphatic heterocycles. The molecule has 1 rings (SSSR count). The molecular weight excluding hydrogens is 276 g/mol. The molecule has 0 aliphatic carbocycles. The van der Waals surface area contributed by atoms with Crippen LogP contribution in [0.4, 0.5) is 0 Å². The van der Waals surface area contributed by atoms with Crippen molar-refractivity contribution in [2.45, 2.75) is 18.9 Å². The number of rotatable bonds is 6. The number of hydrogen-bond acceptors (Lipinski definition) is 4. The first-order valence-electron chi connectivity index (χ1n) is 5.38. The van der Waals surface area contributed by atoms with Crippen LogP contribution in [-0.4, -0.2) is 41.1 Å². The van der Waals surface area contributed by atoms with Gasteiger partial charge < -0.3 is 20.1 Å². The van der Waals surface area contributed by atoms with Crippen molar-refractivity contribution in [3.05, 3.63) is 23.0 Å². The summed E-state index contributed by atoms with van der Waals surface area (Å²) in [7, 11) is 1.21. The number of nitrogens with one attached hydrogen (secondary N) is 2. The summed E-state index contributed by atoms with van der Waals surface area (Å²) in [6.07, 6.45) is 1.25. The molecule has 0 aliphatic rings. The van der Waals surface area contributed by atoms with Gasteiger partial charge in [-0.05, 0) is 12.5 Å². The summed E-state index contributed by atoms with van der Waals surface area (Å²) in [6, 6.07) is 0.199. The third kappa shape index (κ3) is 4.63. The SMILES string of the molecule is COC(=O)CC[C@@H](NC(=O)c1cc(Cl)c[nH]1)C(=O)O. The molecule has 0 saturated carbocycles. The Hall–Kier alpha value is -2.02. The molecule has 0 saturated heterocycles.